The summed E-state index contributed by atoms with van der Waals surface area (Å²) >= 11 is 1.60. The van der Waals surface area contributed by atoms with E-state index in [0.717, 1.165) is 24.5 Å². The summed E-state index contributed by atoms with van der Waals surface area (Å²) in [5, 5.41) is 0.517. The van der Waals surface area contributed by atoms with Crippen LogP contribution in [0, 0.1) is 5.82 Å². The standard InChI is InChI=1S/C25H23FN4O2S/c26-21-7-3-1-5-19(21)23-10-9-18(33-23)15-28-11-13-29(14-12-28)24(31)16-30-17-27-22-8-4-2-6-20(22)25(30)32/h1-10,17H,11-16H2. The summed E-state index contributed by atoms with van der Waals surface area (Å²) in [6, 6.07) is 18.0. The Morgan fingerprint density at radius 1 is 0.970 bits per heavy atom. The molecule has 0 atom stereocenters. The Bertz CT molecular complexity index is 1360. The number of fused-ring (bicyclic) bond motifs is 1. The Labute approximate surface area is 194 Å². The molecule has 1 aliphatic heterocycles. The molecule has 8 heteroatoms. The molecular weight excluding hydrogens is 439 g/mol. The molecule has 168 valence electrons. The van der Waals surface area contributed by atoms with Gasteiger partial charge in [-0.3, -0.25) is 19.1 Å². The van der Waals surface area contributed by atoms with Gasteiger partial charge in [0.25, 0.3) is 5.56 Å². The average Bonchev–Trinajstić information content (AvgIpc) is 3.30. The van der Waals surface area contributed by atoms with E-state index >= 15 is 0 Å². The molecule has 2 aromatic carbocycles. The van der Waals surface area contributed by atoms with Gasteiger partial charge >= 0.3 is 0 Å². The fourth-order valence-electron chi connectivity index (χ4n) is 4.11. The van der Waals surface area contributed by atoms with Gasteiger partial charge in [0, 0.05) is 48.0 Å². The van der Waals surface area contributed by atoms with Gasteiger partial charge in [-0.15, -0.1) is 11.3 Å². The van der Waals surface area contributed by atoms with E-state index in [4.69, 9.17) is 0 Å². The van der Waals surface area contributed by atoms with Crippen molar-refractivity contribution in [3.63, 3.8) is 0 Å². The van der Waals surface area contributed by atoms with E-state index in [9.17, 15) is 14.0 Å². The zero-order valence-corrected chi connectivity index (χ0v) is 18.8. The fourth-order valence-corrected chi connectivity index (χ4v) is 5.19. The van der Waals surface area contributed by atoms with Crippen LogP contribution in [-0.2, 0) is 17.9 Å². The summed E-state index contributed by atoms with van der Waals surface area (Å²) < 4.78 is 15.4. The summed E-state index contributed by atoms with van der Waals surface area (Å²) in [7, 11) is 0. The molecule has 0 bridgehead atoms. The topological polar surface area (TPSA) is 58.4 Å². The van der Waals surface area contributed by atoms with Crippen LogP contribution in [0.4, 0.5) is 4.39 Å². The van der Waals surface area contributed by atoms with Crippen LogP contribution >= 0.6 is 11.3 Å². The molecule has 4 aromatic rings. The number of nitrogens with zero attached hydrogens (tertiary/aromatic N) is 4. The second kappa shape index (κ2) is 9.25. The number of amides is 1. The molecule has 0 aliphatic carbocycles. The normalized spacial score (nSPS) is 14.6. The first-order valence-corrected chi connectivity index (χ1v) is 11.7. The Balaban J connectivity index is 1.18. The molecule has 2 aromatic heterocycles. The number of aromatic nitrogens is 2. The number of piperazine rings is 1. The summed E-state index contributed by atoms with van der Waals surface area (Å²) in [6.45, 7) is 3.50. The van der Waals surface area contributed by atoms with Crippen molar-refractivity contribution < 1.29 is 9.18 Å². The maximum Gasteiger partial charge on any atom is 0.261 e. The maximum atomic E-state index is 14.1. The molecule has 3 heterocycles. The van der Waals surface area contributed by atoms with E-state index in [1.54, 1.807) is 46.6 Å². The molecule has 33 heavy (non-hydrogen) atoms. The van der Waals surface area contributed by atoms with Gasteiger partial charge in [0.1, 0.15) is 12.4 Å². The highest BCUT2D eigenvalue weighted by atomic mass is 32.1. The summed E-state index contributed by atoms with van der Waals surface area (Å²) in [6.07, 6.45) is 1.45. The van der Waals surface area contributed by atoms with Crippen LogP contribution in [0.3, 0.4) is 0 Å². The van der Waals surface area contributed by atoms with Crippen LogP contribution < -0.4 is 5.56 Å². The minimum Gasteiger partial charge on any atom is -0.339 e. The van der Waals surface area contributed by atoms with Gasteiger partial charge < -0.3 is 4.90 Å². The van der Waals surface area contributed by atoms with Crippen LogP contribution in [0.1, 0.15) is 4.88 Å². The van der Waals surface area contributed by atoms with Gasteiger partial charge in [0.15, 0.2) is 0 Å². The minimum atomic E-state index is -0.209. The molecule has 5 rings (SSSR count). The Kier molecular flexibility index (Phi) is 6.02. The Hall–Kier alpha value is -3.36. The third-order valence-corrected chi connectivity index (χ3v) is 7.05. The van der Waals surface area contributed by atoms with Crippen LogP contribution in [0.2, 0.25) is 0 Å². The van der Waals surface area contributed by atoms with Gasteiger partial charge in [0.2, 0.25) is 5.91 Å². The van der Waals surface area contributed by atoms with Crippen molar-refractivity contribution in [2.75, 3.05) is 26.2 Å². The molecule has 1 saturated heterocycles. The van der Waals surface area contributed by atoms with Gasteiger partial charge in [-0.1, -0.05) is 30.3 Å². The van der Waals surface area contributed by atoms with Crippen molar-refractivity contribution in [3.05, 3.63) is 88.0 Å². The monoisotopic (exact) mass is 462 g/mol. The first kappa shape index (κ1) is 21.5. The molecule has 0 radical (unpaired) electrons. The summed E-state index contributed by atoms with van der Waals surface area (Å²) in [5.74, 6) is -0.287. The van der Waals surface area contributed by atoms with E-state index in [0.29, 0.717) is 29.6 Å². The van der Waals surface area contributed by atoms with Gasteiger partial charge in [-0.05, 0) is 30.3 Å². The molecule has 0 spiro atoms. The third-order valence-electron chi connectivity index (χ3n) is 5.94. The zero-order valence-electron chi connectivity index (χ0n) is 18.0. The lowest BCUT2D eigenvalue weighted by Gasteiger charge is -2.34. The number of halogens is 1. The number of hydrogen-bond acceptors (Lipinski definition) is 5. The van der Waals surface area contributed by atoms with E-state index in [1.807, 2.05) is 24.3 Å². The van der Waals surface area contributed by atoms with E-state index in [-0.39, 0.29) is 23.8 Å². The van der Waals surface area contributed by atoms with Crippen molar-refractivity contribution in [2.45, 2.75) is 13.1 Å². The number of hydrogen-bond donors (Lipinski definition) is 0. The van der Waals surface area contributed by atoms with Crippen LogP contribution in [0.5, 0.6) is 0 Å². The lowest BCUT2D eigenvalue weighted by Crippen LogP contribution is -2.49. The number of carbonyl (C=O) groups is 1. The minimum absolute atomic E-state index is 0.00636. The lowest BCUT2D eigenvalue weighted by atomic mass is 10.2. The number of thiophene rings is 1. The molecule has 1 amide bonds. The van der Waals surface area contributed by atoms with Gasteiger partial charge in [-0.25, -0.2) is 9.37 Å². The van der Waals surface area contributed by atoms with Crippen LogP contribution in [0.15, 0.2) is 71.8 Å². The number of para-hydroxylation sites is 1. The number of benzene rings is 2. The Morgan fingerprint density at radius 3 is 2.55 bits per heavy atom. The first-order chi connectivity index (χ1) is 16.1. The van der Waals surface area contributed by atoms with E-state index in [1.165, 1.54) is 21.8 Å². The highest BCUT2D eigenvalue weighted by molar-refractivity contribution is 7.15. The highest BCUT2D eigenvalue weighted by Gasteiger charge is 2.22. The van der Waals surface area contributed by atoms with E-state index in [2.05, 4.69) is 9.88 Å². The number of carbonyl (C=O) groups excluding carboxylic acids is 1. The first-order valence-electron chi connectivity index (χ1n) is 10.9. The second-order valence-electron chi connectivity index (χ2n) is 8.10. The molecule has 0 unspecified atom stereocenters. The fraction of sp³-hybridized carbons (Fsp3) is 0.240. The van der Waals surface area contributed by atoms with Crippen molar-refractivity contribution in [2.24, 2.45) is 0 Å². The summed E-state index contributed by atoms with van der Waals surface area (Å²) in [5.41, 5.74) is 1.06. The molecule has 1 fully saturated rings. The molecule has 0 N–H and O–H groups in total. The highest BCUT2D eigenvalue weighted by Crippen LogP contribution is 2.30. The zero-order chi connectivity index (χ0) is 22.8. The SMILES string of the molecule is O=C(Cn1cnc2ccccc2c1=O)N1CCN(Cc2ccc(-c3ccccc3F)s2)CC1. The van der Waals surface area contributed by atoms with Crippen molar-refractivity contribution >= 4 is 28.1 Å². The smallest absolute Gasteiger partial charge is 0.261 e. The van der Waals surface area contributed by atoms with Gasteiger partial charge in [0.05, 0.1) is 17.2 Å². The predicted octanol–water partition coefficient (Wildman–Crippen LogP) is 3.61. The molecular formula is C25H23FN4O2S. The van der Waals surface area contributed by atoms with Crippen molar-refractivity contribution in [3.8, 4) is 10.4 Å². The average molecular weight is 463 g/mol. The second-order valence-corrected chi connectivity index (χ2v) is 9.27. The lowest BCUT2D eigenvalue weighted by molar-refractivity contribution is -0.133. The van der Waals surface area contributed by atoms with E-state index < -0.39 is 0 Å². The third kappa shape index (κ3) is 4.58. The van der Waals surface area contributed by atoms with Crippen molar-refractivity contribution in [1.29, 1.82) is 0 Å². The van der Waals surface area contributed by atoms with Crippen LogP contribution in [0.25, 0.3) is 21.3 Å². The quantitative estimate of drug-likeness (QED) is 0.455. The van der Waals surface area contributed by atoms with Crippen LogP contribution in [-0.4, -0.2) is 51.4 Å². The molecule has 0 saturated carbocycles. The predicted molar refractivity (Wildman–Crippen MR) is 128 cm³/mol. The number of rotatable bonds is 5. The van der Waals surface area contributed by atoms with Crippen molar-refractivity contribution in [1.82, 2.24) is 19.4 Å². The Morgan fingerprint density at radius 2 is 1.73 bits per heavy atom. The molecule has 6 nitrogen and oxygen atoms in total. The maximum absolute atomic E-state index is 14.1. The van der Waals surface area contributed by atoms with Gasteiger partial charge in [-0.2, -0.15) is 0 Å². The molecule has 1 aliphatic rings. The summed E-state index contributed by atoms with van der Waals surface area (Å²) in [4.78, 5) is 35.9. The largest absolute Gasteiger partial charge is 0.339 e.